The molecule has 0 unspecified atom stereocenters. The van der Waals surface area contributed by atoms with Crippen LogP contribution in [0.3, 0.4) is 0 Å². The van der Waals surface area contributed by atoms with Crippen molar-refractivity contribution in [3.8, 4) is 78.7 Å². The predicted molar refractivity (Wildman–Crippen MR) is 270 cm³/mol. The Labute approximate surface area is 404 Å². The zero-order valence-corrected chi connectivity index (χ0v) is 40.2. The van der Waals surface area contributed by atoms with E-state index in [1.54, 1.807) is 6.07 Å². The summed E-state index contributed by atoms with van der Waals surface area (Å²) in [6, 6.07) is 59.3. The van der Waals surface area contributed by atoms with Crippen LogP contribution in [0.5, 0.6) is 5.75 Å². The zero-order valence-electron chi connectivity index (χ0n) is 37.9. The summed E-state index contributed by atoms with van der Waals surface area (Å²) in [6.45, 7) is 11.0. The third kappa shape index (κ3) is 6.86. The number of fused-ring (bicyclic) bond motifs is 7. The molecule has 0 amide bonds. The Hall–Kier alpha value is -7.33. The molecule has 0 aliphatic heterocycles. The first-order chi connectivity index (χ1) is 32.2. The molecule has 1 aliphatic carbocycles. The smallest absolute Gasteiger partial charge is 0.163 e. The predicted octanol–water partition coefficient (Wildman–Crippen LogP) is 15.5. The van der Waals surface area contributed by atoms with Crippen LogP contribution in [0.2, 0.25) is 0 Å². The number of hydrogen-bond acceptors (Lipinski definition) is 4. The second-order valence-electron chi connectivity index (χ2n) is 18.0. The average Bonchev–Trinajstić information content (AvgIpc) is 3.89. The van der Waals surface area contributed by atoms with Gasteiger partial charge >= 0.3 is 0 Å². The van der Waals surface area contributed by atoms with E-state index in [1.165, 1.54) is 22.3 Å². The van der Waals surface area contributed by atoms with Gasteiger partial charge in [-0.3, -0.25) is 4.57 Å². The Balaban J connectivity index is 0.00000494. The number of benzene rings is 8. The molecule has 328 valence electrons. The number of aromatic nitrogens is 3. The van der Waals surface area contributed by atoms with Gasteiger partial charge < -0.3 is 9.52 Å². The SMILES string of the molecule is Cc1cc(C)c(-c2cccc(-c3ccccc3)c2-c2ccc3c(nc(-c4ccc5c(n4)-c4c(O)cccc4CC5)n3-c3c(C)cccc3C)c2-c2[c-]cc3c(c2)oc2ccccc23)c(C)c1.[Pt]. The number of hydrogen-bond donors (Lipinski definition) is 1. The van der Waals surface area contributed by atoms with E-state index in [9.17, 15) is 5.11 Å². The zero-order chi connectivity index (χ0) is 44.8. The van der Waals surface area contributed by atoms with Crippen molar-refractivity contribution in [2.24, 2.45) is 0 Å². The molecule has 0 bridgehead atoms. The van der Waals surface area contributed by atoms with Crippen LogP contribution in [0.4, 0.5) is 0 Å². The van der Waals surface area contributed by atoms with Crippen molar-refractivity contribution in [1.29, 1.82) is 0 Å². The standard InChI is InChI=1S/C61H46N3O2.Pt/c1-35-32-38(4)54(39(5)33-35)47-21-13-20-44(40-16-7-6-8-17-40)57(47)48-29-31-50-59(55(48)43-26-28-46-45-19-9-10-23-52(45)66-53(46)34-43)63-61(64(50)60-36(2)14-11-15-37(60)3)49-30-27-42-25-24-41-18-12-22-51(65)56(41)58(42)62-49;/h6-23,27-34,65H,24-25H2,1-5H3;/q-1;. The van der Waals surface area contributed by atoms with Crippen LogP contribution in [0, 0.1) is 40.7 Å². The Bertz CT molecular complexity index is 3740. The minimum absolute atomic E-state index is 0. The normalized spacial score (nSPS) is 12.1. The van der Waals surface area contributed by atoms with Crippen LogP contribution in [0.15, 0.2) is 162 Å². The van der Waals surface area contributed by atoms with Crippen LogP contribution >= 0.6 is 0 Å². The van der Waals surface area contributed by atoms with Crippen LogP contribution in [0.1, 0.15) is 38.9 Å². The van der Waals surface area contributed by atoms with Crippen LogP contribution in [0.25, 0.3) is 106 Å². The van der Waals surface area contributed by atoms with Crippen molar-refractivity contribution >= 4 is 33.0 Å². The summed E-state index contributed by atoms with van der Waals surface area (Å²) >= 11 is 0. The van der Waals surface area contributed by atoms with Crippen molar-refractivity contribution in [1.82, 2.24) is 14.5 Å². The largest absolute Gasteiger partial charge is 0.507 e. The molecule has 0 atom stereocenters. The van der Waals surface area contributed by atoms with Gasteiger partial charge in [0.05, 0.1) is 28.0 Å². The summed E-state index contributed by atoms with van der Waals surface area (Å²) in [7, 11) is 0. The first kappa shape index (κ1) is 42.3. The molecule has 11 aromatic rings. The molecule has 0 saturated heterocycles. The van der Waals surface area contributed by atoms with Crippen LogP contribution in [-0.2, 0) is 33.9 Å². The summed E-state index contributed by atoms with van der Waals surface area (Å²) in [6.07, 6.45) is 1.70. The first-order valence-corrected chi connectivity index (χ1v) is 22.8. The number of nitrogens with zero attached hydrogens (tertiary/aromatic N) is 3. The molecule has 67 heavy (non-hydrogen) atoms. The molecule has 8 aromatic carbocycles. The number of furan rings is 1. The van der Waals surface area contributed by atoms with E-state index < -0.39 is 0 Å². The number of rotatable bonds is 6. The molecule has 12 rings (SSSR count). The molecule has 0 radical (unpaired) electrons. The quantitative estimate of drug-likeness (QED) is 0.169. The van der Waals surface area contributed by atoms with Crippen molar-refractivity contribution in [2.45, 2.75) is 47.5 Å². The van der Waals surface area contributed by atoms with Crippen LogP contribution < -0.4 is 0 Å². The second kappa shape index (κ2) is 16.5. The summed E-state index contributed by atoms with van der Waals surface area (Å²) in [5.74, 6) is 0.967. The van der Waals surface area contributed by atoms with E-state index in [-0.39, 0.29) is 26.8 Å². The topological polar surface area (TPSA) is 64.1 Å². The molecule has 1 aliphatic rings. The number of para-hydroxylation sites is 2. The first-order valence-electron chi connectivity index (χ1n) is 22.8. The summed E-state index contributed by atoms with van der Waals surface area (Å²) in [5, 5.41) is 13.4. The van der Waals surface area contributed by atoms with Crippen LogP contribution in [-0.4, -0.2) is 19.6 Å². The van der Waals surface area contributed by atoms with E-state index in [4.69, 9.17) is 14.4 Å². The maximum Gasteiger partial charge on any atom is 0.163 e. The number of phenolic OH excluding ortho intramolecular Hbond substituents is 1. The fourth-order valence-electron chi connectivity index (χ4n) is 10.9. The molecule has 3 aromatic heterocycles. The van der Waals surface area contributed by atoms with Crippen molar-refractivity contribution in [3.63, 3.8) is 0 Å². The second-order valence-corrected chi connectivity index (χ2v) is 18.0. The van der Waals surface area contributed by atoms with E-state index in [1.807, 2.05) is 18.2 Å². The fourth-order valence-corrected chi connectivity index (χ4v) is 10.9. The molecule has 6 heteroatoms. The molecule has 0 saturated carbocycles. The Morgan fingerprint density at radius 2 is 1.25 bits per heavy atom. The maximum atomic E-state index is 11.3. The monoisotopic (exact) mass is 1050 g/mol. The third-order valence-electron chi connectivity index (χ3n) is 13.7. The van der Waals surface area contributed by atoms with Gasteiger partial charge in [0.25, 0.3) is 0 Å². The average molecular weight is 1050 g/mol. The minimum atomic E-state index is 0. The van der Waals surface area contributed by atoms with Crippen molar-refractivity contribution in [3.05, 3.63) is 203 Å². The minimum Gasteiger partial charge on any atom is -0.507 e. The molecule has 0 spiro atoms. The van der Waals surface area contributed by atoms with Gasteiger partial charge in [-0.05, 0) is 144 Å². The van der Waals surface area contributed by atoms with Gasteiger partial charge in [0.2, 0.25) is 0 Å². The summed E-state index contributed by atoms with van der Waals surface area (Å²) < 4.78 is 8.92. The summed E-state index contributed by atoms with van der Waals surface area (Å²) in [5.41, 5.74) is 23.6. The number of imidazole rings is 1. The van der Waals surface area contributed by atoms with Gasteiger partial charge in [0.1, 0.15) is 17.0 Å². The fraction of sp³-hybridized carbons (Fsp3) is 0.115. The third-order valence-corrected chi connectivity index (χ3v) is 13.7. The summed E-state index contributed by atoms with van der Waals surface area (Å²) in [4.78, 5) is 11.2. The van der Waals surface area contributed by atoms with Gasteiger partial charge in [-0.15, -0.1) is 23.8 Å². The van der Waals surface area contributed by atoms with Gasteiger partial charge in [-0.2, -0.15) is 0 Å². The molecular weight excluding hydrogens is 1000 g/mol. The Morgan fingerprint density at radius 3 is 2.06 bits per heavy atom. The van der Waals surface area contributed by atoms with Crippen molar-refractivity contribution < 1.29 is 30.6 Å². The van der Waals surface area contributed by atoms with E-state index in [2.05, 4.69) is 179 Å². The number of aromatic hydroxyl groups is 1. The van der Waals surface area contributed by atoms with E-state index >= 15 is 0 Å². The van der Waals surface area contributed by atoms with Gasteiger partial charge in [0, 0.05) is 26.6 Å². The molecule has 3 heterocycles. The molecular formula is C61H46N3O2Pt-. The van der Waals surface area contributed by atoms with E-state index in [0.29, 0.717) is 0 Å². The molecule has 1 N–H and O–H groups in total. The molecule has 0 fully saturated rings. The molecule has 5 nitrogen and oxygen atoms in total. The maximum absolute atomic E-state index is 11.3. The Morgan fingerprint density at radius 1 is 0.552 bits per heavy atom. The number of aryl methyl sites for hydroxylation is 7. The number of phenols is 1. The number of pyridine rings is 1. The van der Waals surface area contributed by atoms with Gasteiger partial charge in [-0.1, -0.05) is 138 Å². The van der Waals surface area contributed by atoms with Gasteiger partial charge in [-0.25, -0.2) is 9.97 Å². The van der Waals surface area contributed by atoms with Crippen molar-refractivity contribution in [2.75, 3.05) is 0 Å². The Kier molecular flexibility index (Phi) is 10.4. The van der Waals surface area contributed by atoms with E-state index in [0.717, 1.165) is 135 Å². The van der Waals surface area contributed by atoms with Gasteiger partial charge in [0.15, 0.2) is 5.82 Å².